The first-order valence-electron chi connectivity index (χ1n) is 4.44. The lowest BCUT2D eigenvalue weighted by atomic mass is 9.82. The van der Waals surface area contributed by atoms with Gasteiger partial charge in [0.1, 0.15) is 0 Å². The minimum Gasteiger partial charge on any atom is -0.198 e. The first-order valence-corrected chi connectivity index (χ1v) is 4.44. The van der Waals surface area contributed by atoms with Crippen molar-refractivity contribution in [3.63, 3.8) is 0 Å². The van der Waals surface area contributed by atoms with E-state index in [9.17, 15) is 0 Å². The molecule has 0 amide bonds. The molecule has 0 aromatic heterocycles. The third kappa shape index (κ3) is 0.822. The van der Waals surface area contributed by atoms with E-state index in [-0.39, 0.29) is 0 Å². The van der Waals surface area contributed by atoms with Gasteiger partial charge < -0.3 is 0 Å². The van der Waals surface area contributed by atoms with Gasteiger partial charge in [0.2, 0.25) is 0 Å². The molecule has 0 unspecified atom stereocenters. The van der Waals surface area contributed by atoms with E-state index in [4.69, 9.17) is 5.26 Å². The van der Waals surface area contributed by atoms with Gasteiger partial charge in [0.25, 0.3) is 0 Å². The Morgan fingerprint density at radius 2 is 2.18 bits per heavy atom. The summed E-state index contributed by atoms with van der Waals surface area (Å²) in [5, 5.41) is 8.91. The van der Waals surface area contributed by atoms with Crippen molar-refractivity contribution >= 4 is 0 Å². The summed E-state index contributed by atoms with van der Waals surface area (Å²) in [5.74, 6) is 2.31. The molecular formula is C10H13N. The quantitative estimate of drug-likeness (QED) is 0.522. The lowest BCUT2D eigenvalue weighted by Gasteiger charge is -2.20. The maximum Gasteiger partial charge on any atom is 0.0665 e. The molecule has 1 saturated carbocycles. The number of hydrogen-bond acceptors (Lipinski definition) is 1. The highest BCUT2D eigenvalue weighted by Crippen LogP contribution is 2.48. The number of nitrogens with zero attached hydrogens (tertiary/aromatic N) is 1. The predicted octanol–water partition coefficient (Wildman–Crippen LogP) is 2.36. The lowest BCUT2D eigenvalue weighted by molar-refractivity contribution is 0.365. The molecule has 0 radical (unpaired) electrons. The molecule has 0 aliphatic heterocycles. The van der Waals surface area contributed by atoms with Crippen molar-refractivity contribution in [2.75, 3.05) is 0 Å². The van der Waals surface area contributed by atoms with Crippen LogP contribution in [0.1, 0.15) is 19.8 Å². The zero-order valence-corrected chi connectivity index (χ0v) is 6.83. The predicted molar refractivity (Wildman–Crippen MR) is 43.6 cm³/mol. The molecule has 0 heterocycles. The zero-order chi connectivity index (χ0) is 7.84. The second kappa shape index (κ2) is 2.37. The van der Waals surface area contributed by atoms with E-state index in [0.29, 0.717) is 17.8 Å². The Balaban J connectivity index is 2.23. The van der Waals surface area contributed by atoms with E-state index < -0.39 is 0 Å². The smallest absolute Gasteiger partial charge is 0.0665 e. The minimum absolute atomic E-state index is 0.329. The largest absolute Gasteiger partial charge is 0.198 e. The van der Waals surface area contributed by atoms with Crippen LogP contribution in [0, 0.1) is 35.0 Å². The topological polar surface area (TPSA) is 23.8 Å². The summed E-state index contributed by atoms with van der Waals surface area (Å²) in [4.78, 5) is 0. The Bertz CT molecular complexity index is 224. The van der Waals surface area contributed by atoms with Crippen molar-refractivity contribution in [2.24, 2.45) is 23.7 Å². The van der Waals surface area contributed by atoms with Gasteiger partial charge in [0, 0.05) is 0 Å². The summed E-state index contributed by atoms with van der Waals surface area (Å²) in [6.45, 7) is 2.20. The molecule has 58 valence electrons. The average molecular weight is 147 g/mol. The monoisotopic (exact) mass is 147 g/mol. The molecular weight excluding hydrogens is 134 g/mol. The maximum atomic E-state index is 8.91. The van der Waals surface area contributed by atoms with E-state index in [1.165, 1.54) is 12.8 Å². The summed E-state index contributed by atoms with van der Waals surface area (Å²) in [7, 11) is 0. The van der Waals surface area contributed by atoms with Crippen molar-refractivity contribution in [3.8, 4) is 6.07 Å². The first kappa shape index (κ1) is 6.91. The van der Waals surface area contributed by atoms with Crippen LogP contribution in [0.15, 0.2) is 12.2 Å². The van der Waals surface area contributed by atoms with Crippen LogP contribution in [0.4, 0.5) is 0 Å². The van der Waals surface area contributed by atoms with E-state index >= 15 is 0 Å². The number of hydrogen-bond donors (Lipinski definition) is 0. The number of rotatable bonds is 1. The molecule has 1 heteroatoms. The van der Waals surface area contributed by atoms with Gasteiger partial charge >= 0.3 is 0 Å². The van der Waals surface area contributed by atoms with Crippen molar-refractivity contribution in [1.82, 2.24) is 0 Å². The van der Waals surface area contributed by atoms with Gasteiger partial charge in [-0.05, 0) is 24.2 Å². The van der Waals surface area contributed by atoms with Gasteiger partial charge in [-0.25, -0.2) is 0 Å². The fraction of sp³-hybridized carbons (Fsp3) is 0.700. The van der Waals surface area contributed by atoms with Gasteiger partial charge in [0.15, 0.2) is 0 Å². The van der Waals surface area contributed by atoms with Crippen LogP contribution < -0.4 is 0 Å². The number of fused-ring (bicyclic) bond motifs is 2. The van der Waals surface area contributed by atoms with E-state index in [1.54, 1.807) is 0 Å². The van der Waals surface area contributed by atoms with Gasteiger partial charge in [0.05, 0.1) is 12.0 Å². The summed E-state index contributed by atoms with van der Waals surface area (Å²) in [6.07, 6.45) is 6.97. The van der Waals surface area contributed by atoms with Gasteiger partial charge in [-0.1, -0.05) is 25.5 Å². The van der Waals surface area contributed by atoms with Crippen LogP contribution in [0.5, 0.6) is 0 Å². The molecule has 1 fully saturated rings. The number of nitriles is 1. The fourth-order valence-electron chi connectivity index (χ4n) is 2.67. The molecule has 0 aromatic carbocycles. The second-order valence-electron chi connectivity index (χ2n) is 3.68. The normalized spacial score (nSPS) is 46.2. The standard InChI is InChI=1S/C10H13N/c1-2-9-7-3-4-8(5-7)10(9)6-11/h3-4,7-10H,2,5H2,1H3/t7-,8+,9-,10+/m0/s1. The number of allylic oxidation sites excluding steroid dienone is 2. The molecule has 0 saturated heterocycles. The Hall–Kier alpha value is -0.770. The van der Waals surface area contributed by atoms with Crippen molar-refractivity contribution in [2.45, 2.75) is 19.8 Å². The highest BCUT2D eigenvalue weighted by Gasteiger charge is 2.43. The zero-order valence-electron chi connectivity index (χ0n) is 6.83. The molecule has 2 aliphatic carbocycles. The second-order valence-corrected chi connectivity index (χ2v) is 3.68. The highest BCUT2D eigenvalue weighted by atomic mass is 14.5. The molecule has 11 heavy (non-hydrogen) atoms. The molecule has 0 N–H and O–H groups in total. The summed E-state index contributed by atoms with van der Waals surface area (Å²) < 4.78 is 0. The van der Waals surface area contributed by atoms with Crippen molar-refractivity contribution in [1.29, 1.82) is 5.26 Å². The van der Waals surface area contributed by atoms with Crippen LogP contribution in [0.3, 0.4) is 0 Å². The molecule has 2 bridgehead atoms. The Morgan fingerprint density at radius 3 is 2.73 bits per heavy atom. The minimum atomic E-state index is 0.329. The van der Waals surface area contributed by atoms with Crippen LogP contribution in [0.2, 0.25) is 0 Å². The van der Waals surface area contributed by atoms with Crippen molar-refractivity contribution < 1.29 is 0 Å². The van der Waals surface area contributed by atoms with Crippen LogP contribution in [0.25, 0.3) is 0 Å². The van der Waals surface area contributed by atoms with E-state index in [0.717, 1.165) is 5.92 Å². The third-order valence-electron chi connectivity index (χ3n) is 3.24. The lowest BCUT2D eigenvalue weighted by Crippen LogP contribution is -2.16. The molecule has 0 spiro atoms. The molecule has 0 aromatic rings. The third-order valence-corrected chi connectivity index (χ3v) is 3.24. The Morgan fingerprint density at radius 1 is 1.45 bits per heavy atom. The summed E-state index contributed by atoms with van der Waals surface area (Å²) in [5.41, 5.74) is 0. The maximum absolute atomic E-state index is 8.91. The van der Waals surface area contributed by atoms with E-state index in [1.807, 2.05) is 0 Å². The molecule has 2 rings (SSSR count). The highest BCUT2D eigenvalue weighted by molar-refractivity contribution is 5.17. The average Bonchev–Trinajstić information content (AvgIpc) is 2.60. The van der Waals surface area contributed by atoms with Crippen LogP contribution in [-0.2, 0) is 0 Å². The molecule has 1 nitrogen and oxygen atoms in total. The fourth-order valence-corrected chi connectivity index (χ4v) is 2.67. The van der Waals surface area contributed by atoms with Crippen molar-refractivity contribution in [3.05, 3.63) is 12.2 Å². The van der Waals surface area contributed by atoms with E-state index in [2.05, 4.69) is 25.1 Å². The van der Waals surface area contributed by atoms with Gasteiger partial charge in [-0.15, -0.1) is 0 Å². The first-order chi connectivity index (χ1) is 5.36. The Labute approximate surface area is 67.7 Å². The summed E-state index contributed by atoms with van der Waals surface area (Å²) in [6, 6.07) is 2.45. The van der Waals surface area contributed by atoms with Crippen LogP contribution in [-0.4, -0.2) is 0 Å². The molecule has 2 aliphatic rings. The van der Waals surface area contributed by atoms with Crippen LogP contribution >= 0.6 is 0 Å². The van der Waals surface area contributed by atoms with Gasteiger partial charge in [-0.3, -0.25) is 0 Å². The van der Waals surface area contributed by atoms with Gasteiger partial charge in [-0.2, -0.15) is 5.26 Å². The molecule has 4 atom stereocenters. The summed E-state index contributed by atoms with van der Waals surface area (Å²) >= 11 is 0. The SMILES string of the molecule is CC[C@@H]1[C@H](C#N)[C@@H]2C=C[C@H]1C2. The Kier molecular flexibility index (Phi) is 1.49.